The Balaban J connectivity index is 2.11. The van der Waals surface area contributed by atoms with Crippen LogP contribution >= 0.6 is 0 Å². The van der Waals surface area contributed by atoms with Crippen molar-refractivity contribution < 1.29 is 15.4 Å². The number of hydrogen-bond donors (Lipinski definition) is 2. The van der Waals surface area contributed by atoms with Gasteiger partial charge in [-0.15, -0.1) is 0 Å². The highest BCUT2D eigenvalue weighted by atomic mass is 17.1. The third-order valence-electron chi connectivity index (χ3n) is 3.74. The van der Waals surface area contributed by atoms with Crippen LogP contribution in [0.1, 0.15) is 39.5 Å². The van der Waals surface area contributed by atoms with E-state index in [1.165, 1.54) is 0 Å². The van der Waals surface area contributed by atoms with Gasteiger partial charge in [0, 0.05) is 12.3 Å². The van der Waals surface area contributed by atoms with Gasteiger partial charge in [-0.3, -0.25) is 0 Å². The van der Waals surface area contributed by atoms with Gasteiger partial charge in [0.05, 0.1) is 0 Å². The molecule has 1 aliphatic heterocycles. The van der Waals surface area contributed by atoms with Crippen molar-refractivity contribution in [2.45, 2.75) is 51.6 Å². The smallest absolute Gasteiger partial charge is 0.180 e. The molecule has 5 nitrogen and oxygen atoms in total. The molecule has 0 aromatic carbocycles. The second-order valence-corrected chi connectivity index (χ2v) is 5.00. The molecule has 6 atom stereocenters. The SMILES string of the molecule is CCCC1CC(C)CC2C1[NH+]([O-])O[NH+]2[O-]. The van der Waals surface area contributed by atoms with E-state index in [1.54, 1.807) is 0 Å². The standard InChI is InChI=1S/C10H20N2O3/c1-3-4-8-5-7(2)6-9-10(8)12(14)15-11(9)13/h7-12H,3-6H2,1-2H3. The van der Waals surface area contributed by atoms with E-state index < -0.39 is 0 Å². The minimum atomic E-state index is -0.280. The van der Waals surface area contributed by atoms with E-state index in [-0.39, 0.29) is 22.5 Å². The normalized spacial score (nSPS) is 50.4. The van der Waals surface area contributed by atoms with Gasteiger partial charge in [0.25, 0.3) is 0 Å². The van der Waals surface area contributed by atoms with Crippen molar-refractivity contribution in [3.63, 3.8) is 0 Å². The molecule has 0 spiro atoms. The Morgan fingerprint density at radius 2 is 2.00 bits per heavy atom. The van der Waals surface area contributed by atoms with Gasteiger partial charge in [-0.2, -0.15) is 10.5 Å². The molecule has 1 saturated carbocycles. The molecule has 1 aliphatic carbocycles. The average molecular weight is 216 g/mol. The monoisotopic (exact) mass is 216 g/mol. The first kappa shape index (κ1) is 11.3. The zero-order valence-corrected chi connectivity index (χ0v) is 9.36. The number of hydroxylamine groups is 4. The van der Waals surface area contributed by atoms with Crippen LogP contribution in [0.3, 0.4) is 0 Å². The molecule has 88 valence electrons. The maximum atomic E-state index is 11.6. The van der Waals surface area contributed by atoms with Crippen molar-refractivity contribution in [1.29, 1.82) is 0 Å². The van der Waals surface area contributed by atoms with Crippen LogP contribution in [-0.4, -0.2) is 12.1 Å². The quantitative estimate of drug-likeness (QED) is 0.594. The van der Waals surface area contributed by atoms with Crippen LogP contribution < -0.4 is 10.5 Å². The lowest BCUT2D eigenvalue weighted by Crippen LogP contribution is -3.18. The fourth-order valence-electron chi connectivity index (χ4n) is 3.18. The van der Waals surface area contributed by atoms with Crippen molar-refractivity contribution in [3.8, 4) is 0 Å². The number of quaternary nitrogens is 2. The van der Waals surface area contributed by atoms with Crippen LogP contribution in [-0.2, 0) is 4.94 Å². The summed E-state index contributed by atoms with van der Waals surface area (Å²) in [5.74, 6) is 0.906. The molecule has 2 rings (SSSR count). The Morgan fingerprint density at radius 3 is 2.67 bits per heavy atom. The number of hydrogen-bond acceptors (Lipinski definition) is 3. The lowest BCUT2D eigenvalue weighted by atomic mass is 9.74. The van der Waals surface area contributed by atoms with Gasteiger partial charge in [0.1, 0.15) is 0 Å². The largest absolute Gasteiger partial charge is 0.595 e. The fourth-order valence-corrected chi connectivity index (χ4v) is 3.18. The highest BCUT2D eigenvalue weighted by Gasteiger charge is 2.51. The first-order chi connectivity index (χ1) is 7.13. The molecule has 0 aromatic rings. The minimum absolute atomic E-state index is 0.131. The van der Waals surface area contributed by atoms with Crippen molar-refractivity contribution in [3.05, 3.63) is 10.4 Å². The van der Waals surface area contributed by atoms with E-state index in [1.807, 2.05) is 0 Å². The Morgan fingerprint density at radius 1 is 1.27 bits per heavy atom. The molecular formula is C10H20N2O3. The van der Waals surface area contributed by atoms with Crippen molar-refractivity contribution in [2.75, 3.05) is 0 Å². The predicted octanol–water partition coefficient (Wildman–Crippen LogP) is -0.805. The molecule has 0 radical (unpaired) electrons. The van der Waals surface area contributed by atoms with Crippen LogP contribution in [0.2, 0.25) is 0 Å². The summed E-state index contributed by atoms with van der Waals surface area (Å²) in [6.45, 7) is 4.28. The van der Waals surface area contributed by atoms with Gasteiger partial charge in [-0.05, 0) is 23.7 Å². The molecule has 1 saturated heterocycles. The van der Waals surface area contributed by atoms with E-state index >= 15 is 0 Å². The van der Waals surface area contributed by atoms with Gasteiger partial charge < -0.3 is 10.4 Å². The van der Waals surface area contributed by atoms with Crippen LogP contribution in [0, 0.1) is 22.3 Å². The summed E-state index contributed by atoms with van der Waals surface area (Å²) in [6.07, 6.45) is 4.00. The first-order valence-electron chi connectivity index (χ1n) is 5.89. The molecule has 6 unspecified atom stereocenters. The molecule has 2 aliphatic rings. The first-order valence-corrected chi connectivity index (χ1v) is 5.89. The Bertz CT molecular complexity index is 227. The highest BCUT2D eigenvalue weighted by molar-refractivity contribution is 4.85. The zero-order valence-electron chi connectivity index (χ0n) is 9.36. The Kier molecular flexibility index (Phi) is 3.27. The molecule has 2 fully saturated rings. The Labute approximate surface area is 90.0 Å². The lowest BCUT2D eigenvalue weighted by molar-refractivity contribution is -1.27. The van der Waals surface area contributed by atoms with Crippen LogP contribution in [0.4, 0.5) is 0 Å². The molecule has 15 heavy (non-hydrogen) atoms. The van der Waals surface area contributed by atoms with Crippen LogP contribution in [0.5, 0.6) is 0 Å². The molecule has 0 amide bonds. The molecule has 2 N–H and O–H groups in total. The van der Waals surface area contributed by atoms with Crippen molar-refractivity contribution in [1.82, 2.24) is 0 Å². The van der Waals surface area contributed by atoms with Crippen LogP contribution in [0.15, 0.2) is 0 Å². The van der Waals surface area contributed by atoms with Crippen LogP contribution in [0.25, 0.3) is 0 Å². The van der Waals surface area contributed by atoms with E-state index in [0.29, 0.717) is 11.8 Å². The molecule has 0 bridgehead atoms. The third kappa shape index (κ3) is 2.03. The number of fused-ring (bicyclic) bond motifs is 1. The molecule has 5 heteroatoms. The van der Waals surface area contributed by atoms with Gasteiger partial charge in [-0.1, -0.05) is 20.3 Å². The second-order valence-electron chi connectivity index (χ2n) is 5.00. The van der Waals surface area contributed by atoms with Gasteiger partial charge in [-0.25, -0.2) is 0 Å². The van der Waals surface area contributed by atoms with Crippen molar-refractivity contribution >= 4 is 0 Å². The Hall–Kier alpha value is -0.200. The van der Waals surface area contributed by atoms with Gasteiger partial charge in [0.2, 0.25) is 0 Å². The molecule has 1 heterocycles. The number of rotatable bonds is 2. The van der Waals surface area contributed by atoms with E-state index in [2.05, 4.69) is 13.8 Å². The van der Waals surface area contributed by atoms with Gasteiger partial charge >= 0.3 is 0 Å². The third-order valence-corrected chi connectivity index (χ3v) is 3.74. The summed E-state index contributed by atoms with van der Waals surface area (Å²) in [4.78, 5) is 4.76. The summed E-state index contributed by atoms with van der Waals surface area (Å²) in [5.41, 5.74) is 0. The zero-order chi connectivity index (χ0) is 11.0. The summed E-state index contributed by atoms with van der Waals surface area (Å²) in [6, 6.07) is -0.272. The van der Waals surface area contributed by atoms with E-state index in [0.717, 1.165) is 25.7 Å². The molecule has 0 aromatic heterocycles. The maximum Gasteiger partial charge on any atom is 0.180 e. The minimum Gasteiger partial charge on any atom is -0.595 e. The predicted molar refractivity (Wildman–Crippen MR) is 54.1 cm³/mol. The molecular weight excluding hydrogens is 196 g/mol. The lowest BCUT2D eigenvalue weighted by Gasteiger charge is -2.34. The highest BCUT2D eigenvalue weighted by Crippen LogP contribution is 2.30. The topological polar surface area (TPSA) is 64.2 Å². The maximum absolute atomic E-state index is 11.6. The summed E-state index contributed by atoms with van der Waals surface area (Å²) < 4.78 is 0. The van der Waals surface area contributed by atoms with E-state index in [4.69, 9.17) is 4.94 Å². The van der Waals surface area contributed by atoms with E-state index in [9.17, 15) is 10.4 Å². The summed E-state index contributed by atoms with van der Waals surface area (Å²) >= 11 is 0. The summed E-state index contributed by atoms with van der Waals surface area (Å²) in [5, 5.41) is 22.5. The average Bonchev–Trinajstić information content (AvgIpc) is 2.42. The summed E-state index contributed by atoms with van der Waals surface area (Å²) in [7, 11) is 0. The number of nitrogens with one attached hydrogen (secondary N) is 2. The fraction of sp³-hybridized carbons (Fsp3) is 1.00. The van der Waals surface area contributed by atoms with Gasteiger partial charge in [0.15, 0.2) is 12.1 Å². The van der Waals surface area contributed by atoms with Crippen molar-refractivity contribution in [2.24, 2.45) is 11.8 Å². The second kappa shape index (κ2) is 4.35.